The van der Waals surface area contributed by atoms with Crippen LogP contribution in [-0.2, 0) is 15.8 Å². The number of halogens is 3. The van der Waals surface area contributed by atoms with E-state index in [1.807, 2.05) is 17.0 Å². The number of carbonyl (C=O) groups excluding carboxylic acids is 2. The third-order valence-electron chi connectivity index (χ3n) is 5.65. The Balaban J connectivity index is 1.32. The first-order chi connectivity index (χ1) is 15.2. The number of rotatable bonds is 4. The number of pyridine rings is 1. The Morgan fingerprint density at radius 3 is 2.50 bits per heavy atom. The summed E-state index contributed by atoms with van der Waals surface area (Å²) in [6.07, 6.45) is -4.03. The van der Waals surface area contributed by atoms with Crippen LogP contribution >= 0.6 is 0 Å². The lowest BCUT2D eigenvalue weighted by Gasteiger charge is -2.36. The van der Waals surface area contributed by atoms with Gasteiger partial charge in [0.15, 0.2) is 6.10 Å². The quantitative estimate of drug-likeness (QED) is 0.720. The number of anilines is 2. The van der Waals surface area contributed by atoms with Crippen molar-refractivity contribution in [2.75, 3.05) is 42.5 Å². The molecular formula is C22H23F3N4O3. The standard InChI is InChI=1S/C22H23F3N4O3/c1-15-21(31)29(17-4-2-3-5-18(17)32-15)9-8-20(30)28-12-10-27(11-13-28)19-7-6-16(14-26-19)22(23,24)25/h2-7,14-15H,8-13H2,1H3. The number of alkyl halides is 3. The molecule has 0 spiro atoms. The highest BCUT2D eigenvalue weighted by Crippen LogP contribution is 2.34. The molecular weight excluding hydrogens is 425 g/mol. The summed E-state index contributed by atoms with van der Waals surface area (Å²) in [5.74, 6) is 0.809. The highest BCUT2D eigenvalue weighted by Gasteiger charge is 2.33. The van der Waals surface area contributed by atoms with Crippen LogP contribution in [0.3, 0.4) is 0 Å². The molecule has 2 aliphatic rings. The minimum Gasteiger partial charge on any atom is -0.479 e. The van der Waals surface area contributed by atoms with E-state index in [-0.39, 0.29) is 24.8 Å². The molecule has 1 aromatic carbocycles. The van der Waals surface area contributed by atoms with E-state index in [9.17, 15) is 22.8 Å². The van der Waals surface area contributed by atoms with Crippen molar-refractivity contribution in [3.63, 3.8) is 0 Å². The summed E-state index contributed by atoms with van der Waals surface area (Å²) in [7, 11) is 0. The van der Waals surface area contributed by atoms with Crippen molar-refractivity contribution < 1.29 is 27.5 Å². The number of benzene rings is 1. The minimum absolute atomic E-state index is 0.0746. The zero-order valence-electron chi connectivity index (χ0n) is 17.5. The molecule has 4 rings (SSSR count). The Kier molecular flexibility index (Phi) is 5.94. The van der Waals surface area contributed by atoms with Crippen LogP contribution in [0, 0.1) is 0 Å². The number of aromatic nitrogens is 1. The minimum atomic E-state index is -4.42. The largest absolute Gasteiger partial charge is 0.479 e. The van der Waals surface area contributed by atoms with E-state index >= 15 is 0 Å². The van der Waals surface area contributed by atoms with E-state index in [1.54, 1.807) is 28.9 Å². The van der Waals surface area contributed by atoms with E-state index in [4.69, 9.17) is 4.74 Å². The number of hydrogen-bond donors (Lipinski definition) is 0. The molecule has 1 aromatic heterocycles. The van der Waals surface area contributed by atoms with E-state index in [0.29, 0.717) is 43.4 Å². The van der Waals surface area contributed by atoms with Crippen molar-refractivity contribution in [2.45, 2.75) is 25.6 Å². The van der Waals surface area contributed by atoms with Crippen LogP contribution in [0.5, 0.6) is 5.75 Å². The SMILES string of the molecule is CC1Oc2ccccc2N(CCC(=O)N2CCN(c3ccc(C(F)(F)F)cn3)CC2)C1=O. The van der Waals surface area contributed by atoms with Gasteiger partial charge in [-0.3, -0.25) is 9.59 Å². The smallest absolute Gasteiger partial charge is 0.417 e. The van der Waals surface area contributed by atoms with Gasteiger partial charge in [0.1, 0.15) is 11.6 Å². The molecule has 1 unspecified atom stereocenters. The number of nitrogens with zero attached hydrogens (tertiary/aromatic N) is 4. The average molecular weight is 448 g/mol. The number of amides is 2. The van der Waals surface area contributed by atoms with Gasteiger partial charge in [0.25, 0.3) is 5.91 Å². The fourth-order valence-electron chi connectivity index (χ4n) is 3.88. The van der Waals surface area contributed by atoms with Gasteiger partial charge in [-0.2, -0.15) is 13.2 Å². The molecule has 1 saturated heterocycles. The third-order valence-corrected chi connectivity index (χ3v) is 5.65. The van der Waals surface area contributed by atoms with Gasteiger partial charge in [-0.1, -0.05) is 12.1 Å². The molecule has 0 aliphatic carbocycles. The van der Waals surface area contributed by atoms with Crippen molar-refractivity contribution in [2.24, 2.45) is 0 Å². The Labute approximate surface area is 183 Å². The summed E-state index contributed by atoms with van der Waals surface area (Å²) < 4.78 is 43.7. The lowest BCUT2D eigenvalue weighted by Crippen LogP contribution is -2.50. The maximum Gasteiger partial charge on any atom is 0.417 e. The highest BCUT2D eigenvalue weighted by molar-refractivity contribution is 6.00. The van der Waals surface area contributed by atoms with E-state index in [0.717, 1.165) is 12.3 Å². The van der Waals surface area contributed by atoms with Gasteiger partial charge in [-0.05, 0) is 31.2 Å². The van der Waals surface area contributed by atoms with Crippen LogP contribution < -0.4 is 14.5 Å². The summed E-state index contributed by atoms with van der Waals surface area (Å²) >= 11 is 0. The van der Waals surface area contributed by atoms with Crippen LogP contribution in [0.25, 0.3) is 0 Å². The van der Waals surface area contributed by atoms with Gasteiger partial charge in [-0.15, -0.1) is 0 Å². The summed E-state index contributed by atoms with van der Waals surface area (Å²) in [4.78, 5) is 34.4. The lowest BCUT2D eigenvalue weighted by atomic mass is 10.1. The molecule has 0 radical (unpaired) electrons. The molecule has 10 heteroatoms. The van der Waals surface area contributed by atoms with E-state index in [2.05, 4.69) is 4.98 Å². The molecule has 1 fully saturated rings. The number of carbonyl (C=O) groups is 2. The highest BCUT2D eigenvalue weighted by atomic mass is 19.4. The first-order valence-corrected chi connectivity index (χ1v) is 10.4. The number of para-hydroxylation sites is 2. The van der Waals surface area contributed by atoms with Gasteiger partial charge in [0.05, 0.1) is 11.3 Å². The Morgan fingerprint density at radius 1 is 1.12 bits per heavy atom. The summed E-state index contributed by atoms with van der Waals surface area (Å²) in [5.41, 5.74) is -0.134. The number of fused-ring (bicyclic) bond motifs is 1. The molecule has 2 aliphatic heterocycles. The second-order valence-corrected chi connectivity index (χ2v) is 7.74. The third kappa shape index (κ3) is 4.49. The Hall–Kier alpha value is -3.30. The molecule has 0 bridgehead atoms. The molecule has 1 atom stereocenters. The van der Waals surface area contributed by atoms with Gasteiger partial charge >= 0.3 is 6.18 Å². The molecule has 170 valence electrons. The summed E-state index contributed by atoms with van der Waals surface area (Å²) in [5, 5.41) is 0. The van der Waals surface area contributed by atoms with Gasteiger partial charge in [0, 0.05) is 45.3 Å². The van der Waals surface area contributed by atoms with Crippen LogP contribution in [-0.4, -0.2) is 60.5 Å². The maximum absolute atomic E-state index is 12.7. The van der Waals surface area contributed by atoms with Crippen LogP contribution in [0.15, 0.2) is 42.6 Å². The van der Waals surface area contributed by atoms with Crippen molar-refractivity contribution in [3.05, 3.63) is 48.2 Å². The predicted molar refractivity (Wildman–Crippen MR) is 112 cm³/mol. The lowest BCUT2D eigenvalue weighted by molar-refractivity contribution is -0.138. The Morgan fingerprint density at radius 2 is 1.84 bits per heavy atom. The molecule has 7 nitrogen and oxygen atoms in total. The molecule has 0 N–H and O–H groups in total. The molecule has 0 saturated carbocycles. The maximum atomic E-state index is 12.7. The van der Waals surface area contributed by atoms with Crippen molar-refractivity contribution >= 4 is 23.3 Å². The number of ether oxygens (including phenoxy) is 1. The molecule has 2 aromatic rings. The fraction of sp³-hybridized carbons (Fsp3) is 0.409. The van der Waals surface area contributed by atoms with Crippen molar-refractivity contribution in [3.8, 4) is 5.75 Å². The summed E-state index contributed by atoms with van der Waals surface area (Å²) in [6.45, 7) is 3.75. The first kappa shape index (κ1) is 21.9. The predicted octanol–water partition coefficient (Wildman–Crippen LogP) is 2.95. The zero-order chi connectivity index (χ0) is 22.9. The fourth-order valence-corrected chi connectivity index (χ4v) is 3.88. The van der Waals surface area contributed by atoms with Gasteiger partial charge in [-0.25, -0.2) is 4.98 Å². The molecule has 32 heavy (non-hydrogen) atoms. The molecule has 2 amide bonds. The topological polar surface area (TPSA) is 66.0 Å². The average Bonchev–Trinajstić information content (AvgIpc) is 2.79. The first-order valence-electron chi connectivity index (χ1n) is 10.4. The van der Waals surface area contributed by atoms with Crippen molar-refractivity contribution in [1.82, 2.24) is 9.88 Å². The number of hydrogen-bond acceptors (Lipinski definition) is 5. The second kappa shape index (κ2) is 8.68. The van der Waals surface area contributed by atoms with Crippen LogP contribution in [0.1, 0.15) is 18.9 Å². The normalized spacial score (nSPS) is 18.9. The number of piperazine rings is 1. The van der Waals surface area contributed by atoms with Crippen LogP contribution in [0.4, 0.5) is 24.7 Å². The van der Waals surface area contributed by atoms with Crippen molar-refractivity contribution in [1.29, 1.82) is 0 Å². The zero-order valence-corrected chi connectivity index (χ0v) is 17.5. The second-order valence-electron chi connectivity index (χ2n) is 7.74. The van der Waals surface area contributed by atoms with Gasteiger partial charge < -0.3 is 19.4 Å². The molecule has 3 heterocycles. The Bertz CT molecular complexity index is 989. The summed E-state index contributed by atoms with van der Waals surface area (Å²) in [6, 6.07) is 9.59. The van der Waals surface area contributed by atoms with Crippen LogP contribution in [0.2, 0.25) is 0 Å². The monoisotopic (exact) mass is 448 g/mol. The van der Waals surface area contributed by atoms with Gasteiger partial charge in [0.2, 0.25) is 5.91 Å². The van der Waals surface area contributed by atoms with E-state index in [1.165, 1.54) is 6.07 Å². The van der Waals surface area contributed by atoms with E-state index < -0.39 is 17.8 Å².